The second-order valence-corrected chi connectivity index (χ2v) is 8.25. The van der Waals surface area contributed by atoms with Crippen LogP contribution in [-0.4, -0.2) is 39.9 Å². The molecule has 1 aliphatic heterocycles. The molecule has 7 heteroatoms. The lowest BCUT2D eigenvalue weighted by atomic mass is 9.80. The molecular formula is C22H28N4O3. The van der Waals surface area contributed by atoms with Crippen LogP contribution in [0.15, 0.2) is 34.9 Å². The fourth-order valence-electron chi connectivity index (χ4n) is 4.46. The number of amides is 2. The fourth-order valence-corrected chi connectivity index (χ4v) is 4.46. The molecule has 2 fully saturated rings. The van der Waals surface area contributed by atoms with Gasteiger partial charge in [-0.3, -0.25) is 9.59 Å². The first-order chi connectivity index (χ1) is 14.1. The van der Waals surface area contributed by atoms with Crippen molar-refractivity contribution in [2.24, 2.45) is 5.92 Å². The summed E-state index contributed by atoms with van der Waals surface area (Å²) in [6.07, 6.45) is 5.84. The Bertz CT molecular complexity index is 858. The van der Waals surface area contributed by atoms with Crippen molar-refractivity contribution in [2.75, 3.05) is 13.1 Å². The summed E-state index contributed by atoms with van der Waals surface area (Å²) in [4.78, 5) is 31.8. The van der Waals surface area contributed by atoms with Gasteiger partial charge in [-0.1, -0.05) is 54.8 Å². The van der Waals surface area contributed by atoms with Gasteiger partial charge >= 0.3 is 0 Å². The molecule has 2 aliphatic rings. The molecule has 4 rings (SSSR count). The van der Waals surface area contributed by atoms with Crippen LogP contribution in [0.5, 0.6) is 0 Å². The average molecular weight is 396 g/mol. The highest BCUT2D eigenvalue weighted by Gasteiger charge is 2.43. The number of carbonyl (C=O) groups is 2. The zero-order valence-corrected chi connectivity index (χ0v) is 16.9. The van der Waals surface area contributed by atoms with Crippen molar-refractivity contribution < 1.29 is 14.1 Å². The smallest absolute Gasteiger partial charge is 0.226 e. The van der Waals surface area contributed by atoms with Crippen molar-refractivity contribution >= 4 is 11.8 Å². The van der Waals surface area contributed by atoms with Gasteiger partial charge in [-0.25, -0.2) is 0 Å². The Hall–Kier alpha value is -2.70. The molecule has 2 amide bonds. The largest absolute Gasteiger partial charge is 0.343 e. The highest BCUT2D eigenvalue weighted by atomic mass is 16.5. The quantitative estimate of drug-likeness (QED) is 0.811. The third-order valence-electron chi connectivity index (χ3n) is 6.12. The number of hydrogen-bond acceptors (Lipinski definition) is 5. The van der Waals surface area contributed by atoms with Crippen molar-refractivity contribution in [3.63, 3.8) is 0 Å². The first kappa shape index (κ1) is 19.6. The van der Waals surface area contributed by atoms with Gasteiger partial charge in [0, 0.05) is 26.4 Å². The minimum atomic E-state index is -0.576. The first-order valence-electron chi connectivity index (χ1n) is 10.5. The summed E-state index contributed by atoms with van der Waals surface area (Å²) < 4.78 is 5.18. The number of benzene rings is 1. The molecule has 29 heavy (non-hydrogen) atoms. The molecule has 2 aromatic rings. The summed E-state index contributed by atoms with van der Waals surface area (Å²) >= 11 is 0. The summed E-state index contributed by atoms with van der Waals surface area (Å²) in [5.41, 5.74) is 0.620. The number of nitrogens with zero attached hydrogens (tertiary/aromatic N) is 3. The molecule has 154 valence electrons. The second-order valence-electron chi connectivity index (χ2n) is 8.25. The topological polar surface area (TPSA) is 88.3 Å². The molecule has 7 nitrogen and oxygen atoms in total. The van der Waals surface area contributed by atoms with Crippen LogP contribution in [0, 0.1) is 12.8 Å². The van der Waals surface area contributed by atoms with Crippen LogP contribution in [0.4, 0.5) is 0 Å². The van der Waals surface area contributed by atoms with Crippen LogP contribution >= 0.6 is 0 Å². The molecule has 0 bridgehead atoms. The Morgan fingerprint density at radius 2 is 2.00 bits per heavy atom. The zero-order valence-electron chi connectivity index (χ0n) is 16.9. The number of rotatable bonds is 6. The first-order valence-corrected chi connectivity index (χ1v) is 10.5. The molecule has 1 aliphatic carbocycles. The van der Waals surface area contributed by atoms with Gasteiger partial charge in [0.1, 0.15) is 5.54 Å². The Morgan fingerprint density at radius 3 is 2.69 bits per heavy atom. The van der Waals surface area contributed by atoms with Crippen LogP contribution in [0.3, 0.4) is 0 Å². The van der Waals surface area contributed by atoms with E-state index in [-0.39, 0.29) is 24.2 Å². The van der Waals surface area contributed by atoms with Crippen LogP contribution in [0.25, 0.3) is 0 Å². The Labute approximate surface area is 170 Å². The van der Waals surface area contributed by atoms with Crippen molar-refractivity contribution in [1.82, 2.24) is 20.4 Å². The molecule has 1 saturated carbocycles. The third-order valence-corrected chi connectivity index (χ3v) is 6.12. The van der Waals surface area contributed by atoms with E-state index in [4.69, 9.17) is 4.52 Å². The van der Waals surface area contributed by atoms with E-state index in [1.54, 1.807) is 6.92 Å². The van der Waals surface area contributed by atoms with E-state index in [2.05, 4.69) is 27.6 Å². The number of aromatic nitrogens is 2. The molecule has 0 radical (unpaired) electrons. The maximum atomic E-state index is 13.1. The molecule has 1 atom stereocenters. The summed E-state index contributed by atoms with van der Waals surface area (Å²) in [5, 5.41) is 7.32. The summed E-state index contributed by atoms with van der Waals surface area (Å²) in [7, 11) is 0. The van der Waals surface area contributed by atoms with Crippen molar-refractivity contribution in [3.8, 4) is 0 Å². The van der Waals surface area contributed by atoms with Gasteiger partial charge < -0.3 is 14.7 Å². The van der Waals surface area contributed by atoms with E-state index >= 15 is 0 Å². The average Bonchev–Trinajstić information content (AvgIpc) is 3.34. The molecule has 1 N–H and O–H groups in total. The number of aryl methyl sites for hydroxylation is 1. The number of likely N-dealkylation sites (tertiary alicyclic amines) is 1. The Kier molecular flexibility index (Phi) is 5.65. The third kappa shape index (κ3) is 4.33. The van der Waals surface area contributed by atoms with E-state index < -0.39 is 5.54 Å². The lowest BCUT2D eigenvalue weighted by Crippen LogP contribution is -2.50. The van der Waals surface area contributed by atoms with Crippen molar-refractivity contribution in [2.45, 2.75) is 57.4 Å². The van der Waals surface area contributed by atoms with E-state index in [9.17, 15) is 9.59 Å². The number of carbonyl (C=O) groups excluding carboxylic acids is 2. The van der Waals surface area contributed by atoms with E-state index in [0.29, 0.717) is 24.8 Å². The maximum absolute atomic E-state index is 13.1. The fraction of sp³-hybridized carbons (Fsp3) is 0.545. The summed E-state index contributed by atoms with van der Waals surface area (Å²) in [5.74, 6) is 0.708. The van der Waals surface area contributed by atoms with Gasteiger partial charge in [-0.2, -0.15) is 4.98 Å². The van der Waals surface area contributed by atoms with Gasteiger partial charge in [-0.15, -0.1) is 0 Å². The van der Waals surface area contributed by atoms with Gasteiger partial charge in [-0.05, 0) is 24.8 Å². The highest BCUT2D eigenvalue weighted by molar-refractivity contribution is 5.89. The standard InChI is InChI=1S/C22H28N4O3/c1-16-23-21(25-29-16)22(11-6-3-7-12-22)24-20(28)18-14-19(27)26(15-18)13-10-17-8-4-2-5-9-17/h2,4-5,8-9,18H,3,6-7,10-15H2,1H3,(H,24,28). The monoisotopic (exact) mass is 396 g/mol. The van der Waals surface area contributed by atoms with Gasteiger partial charge in [0.05, 0.1) is 5.92 Å². The lowest BCUT2D eigenvalue weighted by molar-refractivity contribution is -0.130. The minimum absolute atomic E-state index is 0.0502. The predicted molar refractivity (Wildman–Crippen MR) is 107 cm³/mol. The minimum Gasteiger partial charge on any atom is -0.343 e. The van der Waals surface area contributed by atoms with Crippen LogP contribution in [-0.2, 0) is 21.5 Å². The normalized spacial score (nSPS) is 21.3. The molecule has 1 aromatic heterocycles. The predicted octanol–water partition coefficient (Wildman–Crippen LogP) is 2.74. The number of nitrogens with one attached hydrogen (secondary N) is 1. The highest BCUT2D eigenvalue weighted by Crippen LogP contribution is 2.36. The van der Waals surface area contributed by atoms with Gasteiger partial charge in [0.15, 0.2) is 5.82 Å². The van der Waals surface area contributed by atoms with Crippen LogP contribution in [0.2, 0.25) is 0 Å². The van der Waals surface area contributed by atoms with Crippen LogP contribution < -0.4 is 5.32 Å². The molecule has 0 spiro atoms. The molecule has 1 unspecified atom stereocenters. The van der Waals surface area contributed by atoms with Crippen molar-refractivity contribution in [3.05, 3.63) is 47.6 Å². The molecular weight excluding hydrogens is 368 g/mol. The molecule has 2 heterocycles. The summed E-state index contributed by atoms with van der Waals surface area (Å²) in [6, 6.07) is 10.1. The van der Waals surface area contributed by atoms with Gasteiger partial charge in [0.25, 0.3) is 0 Å². The number of hydrogen-bond donors (Lipinski definition) is 1. The zero-order chi connectivity index (χ0) is 20.3. The van der Waals surface area contributed by atoms with E-state index in [0.717, 1.165) is 38.5 Å². The maximum Gasteiger partial charge on any atom is 0.226 e. The molecule has 1 aromatic carbocycles. The molecule has 1 saturated heterocycles. The van der Waals surface area contributed by atoms with Crippen molar-refractivity contribution in [1.29, 1.82) is 0 Å². The van der Waals surface area contributed by atoms with Crippen LogP contribution in [0.1, 0.15) is 55.8 Å². The second kappa shape index (κ2) is 8.35. The lowest BCUT2D eigenvalue weighted by Gasteiger charge is -2.36. The Balaban J connectivity index is 1.40. The summed E-state index contributed by atoms with van der Waals surface area (Å²) in [6.45, 7) is 2.87. The Morgan fingerprint density at radius 1 is 1.24 bits per heavy atom. The van der Waals surface area contributed by atoms with Gasteiger partial charge in [0.2, 0.25) is 17.7 Å². The SMILES string of the molecule is Cc1nc(C2(NC(=O)C3CC(=O)N(CCc4ccccc4)C3)CCCCC2)no1. The van der Waals surface area contributed by atoms with E-state index in [1.807, 2.05) is 23.1 Å². The van der Waals surface area contributed by atoms with E-state index in [1.165, 1.54) is 5.56 Å².